The molecule has 13 heavy (non-hydrogen) atoms. The molecule has 1 aliphatic heterocycles. The zero-order valence-electron chi connectivity index (χ0n) is 6.97. The first-order chi connectivity index (χ1) is 6.31. The van der Waals surface area contributed by atoms with Gasteiger partial charge in [-0.25, -0.2) is 4.98 Å². The second kappa shape index (κ2) is 3.47. The molecule has 2 rings (SSSR count). The molecule has 0 saturated heterocycles. The lowest BCUT2D eigenvalue weighted by Crippen LogP contribution is -2.25. The van der Waals surface area contributed by atoms with Crippen LogP contribution in [0, 0.1) is 0 Å². The highest BCUT2D eigenvalue weighted by Crippen LogP contribution is 2.10. The van der Waals surface area contributed by atoms with E-state index in [1.54, 1.807) is 0 Å². The van der Waals surface area contributed by atoms with E-state index < -0.39 is 0 Å². The number of hydrogen-bond donors (Lipinski definition) is 1. The molecule has 0 aliphatic carbocycles. The highest BCUT2D eigenvalue weighted by atomic mass is 35.5. The lowest BCUT2D eigenvalue weighted by atomic mass is 10.1. The van der Waals surface area contributed by atoms with Crippen molar-refractivity contribution in [3.05, 3.63) is 27.4 Å². The van der Waals surface area contributed by atoms with Crippen molar-refractivity contribution in [3.63, 3.8) is 0 Å². The Labute approximate surface area is 79.9 Å². The highest BCUT2D eigenvalue weighted by molar-refractivity contribution is 6.16. The van der Waals surface area contributed by atoms with Crippen molar-refractivity contribution in [2.24, 2.45) is 0 Å². The molecule has 0 radical (unpaired) electrons. The third-order valence-corrected chi connectivity index (χ3v) is 2.26. The van der Waals surface area contributed by atoms with Crippen molar-refractivity contribution >= 4 is 11.6 Å². The number of aromatic amines is 1. The van der Waals surface area contributed by atoms with E-state index in [0.29, 0.717) is 31.0 Å². The maximum atomic E-state index is 11.4. The number of ether oxygens (including phenoxy) is 1. The van der Waals surface area contributed by atoms with E-state index >= 15 is 0 Å². The van der Waals surface area contributed by atoms with Gasteiger partial charge in [-0.05, 0) is 0 Å². The maximum absolute atomic E-state index is 11.4. The summed E-state index contributed by atoms with van der Waals surface area (Å²) in [5.74, 6) is 0.774. The minimum atomic E-state index is -0.125. The van der Waals surface area contributed by atoms with Gasteiger partial charge in [0.2, 0.25) is 0 Å². The van der Waals surface area contributed by atoms with Gasteiger partial charge < -0.3 is 9.72 Å². The summed E-state index contributed by atoms with van der Waals surface area (Å²) in [4.78, 5) is 18.2. The van der Waals surface area contributed by atoms with Crippen molar-refractivity contribution in [1.82, 2.24) is 9.97 Å². The molecule has 2 heterocycles. The Bertz CT molecular complexity index is 375. The average molecular weight is 201 g/mol. The molecule has 0 bridgehead atoms. The molecule has 0 atom stereocenters. The third kappa shape index (κ3) is 1.59. The second-order valence-electron chi connectivity index (χ2n) is 2.87. The van der Waals surface area contributed by atoms with Crippen LogP contribution in [0.4, 0.5) is 0 Å². The summed E-state index contributed by atoms with van der Waals surface area (Å²) >= 11 is 5.58. The number of aromatic nitrogens is 2. The molecule has 0 fully saturated rings. The number of rotatable bonds is 1. The lowest BCUT2D eigenvalue weighted by Gasteiger charge is -2.14. The van der Waals surface area contributed by atoms with Crippen LogP contribution in [0.2, 0.25) is 0 Å². The standard InChI is InChI=1S/C8H9ClN2O2/c9-3-7-10-6-1-2-13-4-5(6)8(12)11-7/h1-4H2,(H,10,11,12). The number of H-pyrrole nitrogens is 1. The van der Waals surface area contributed by atoms with Crippen LogP contribution in [-0.2, 0) is 23.6 Å². The van der Waals surface area contributed by atoms with Gasteiger partial charge in [-0.3, -0.25) is 4.79 Å². The molecular formula is C8H9ClN2O2. The molecule has 0 saturated carbocycles. The molecule has 4 nitrogen and oxygen atoms in total. The molecule has 70 valence electrons. The molecular weight excluding hydrogens is 192 g/mol. The van der Waals surface area contributed by atoms with E-state index in [2.05, 4.69) is 9.97 Å². The van der Waals surface area contributed by atoms with Crippen LogP contribution in [0.25, 0.3) is 0 Å². The Morgan fingerprint density at radius 1 is 1.62 bits per heavy atom. The van der Waals surface area contributed by atoms with Crippen molar-refractivity contribution in [2.75, 3.05) is 6.61 Å². The minimum absolute atomic E-state index is 0.125. The minimum Gasteiger partial charge on any atom is -0.376 e. The largest absolute Gasteiger partial charge is 0.376 e. The highest BCUT2D eigenvalue weighted by Gasteiger charge is 2.15. The first-order valence-electron chi connectivity index (χ1n) is 4.06. The van der Waals surface area contributed by atoms with E-state index in [4.69, 9.17) is 16.3 Å². The zero-order chi connectivity index (χ0) is 9.26. The van der Waals surface area contributed by atoms with Crippen LogP contribution >= 0.6 is 11.6 Å². The predicted octanol–water partition coefficient (Wildman–Crippen LogP) is 0.581. The number of nitrogens with zero attached hydrogens (tertiary/aromatic N) is 1. The van der Waals surface area contributed by atoms with Crippen LogP contribution in [0.1, 0.15) is 17.1 Å². The van der Waals surface area contributed by atoms with E-state index in [-0.39, 0.29) is 11.4 Å². The van der Waals surface area contributed by atoms with E-state index in [1.165, 1.54) is 0 Å². The fourth-order valence-electron chi connectivity index (χ4n) is 1.36. The predicted molar refractivity (Wildman–Crippen MR) is 47.8 cm³/mol. The number of halogens is 1. The molecule has 0 aromatic carbocycles. The Kier molecular flexibility index (Phi) is 2.33. The van der Waals surface area contributed by atoms with Gasteiger partial charge in [0.15, 0.2) is 0 Å². The van der Waals surface area contributed by atoms with Crippen LogP contribution in [-0.4, -0.2) is 16.6 Å². The van der Waals surface area contributed by atoms with Crippen molar-refractivity contribution in [3.8, 4) is 0 Å². The van der Waals surface area contributed by atoms with Crippen LogP contribution in [0.15, 0.2) is 4.79 Å². The molecule has 0 spiro atoms. The van der Waals surface area contributed by atoms with Crippen molar-refractivity contribution in [2.45, 2.75) is 18.9 Å². The van der Waals surface area contributed by atoms with E-state index in [0.717, 1.165) is 5.69 Å². The zero-order valence-corrected chi connectivity index (χ0v) is 7.73. The monoisotopic (exact) mass is 200 g/mol. The summed E-state index contributed by atoms with van der Waals surface area (Å²) in [5.41, 5.74) is 1.34. The fourth-order valence-corrected chi connectivity index (χ4v) is 1.48. The Morgan fingerprint density at radius 2 is 2.46 bits per heavy atom. The fraction of sp³-hybridized carbons (Fsp3) is 0.500. The summed E-state index contributed by atoms with van der Waals surface area (Å²) in [7, 11) is 0. The number of fused-ring (bicyclic) bond motifs is 1. The maximum Gasteiger partial charge on any atom is 0.256 e. The summed E-state index contributed by atoms with van der Waals surface area (Å²) in [6, 6.07) is 0. The summed E-state index contributed by atoms with van der Waals surface area (Å²) < 4.78 is 5.16. The molecule has 0 amide bonds. The first-order valence-corrected chi connectivity index (χ1v) is 4.59. The Balaban J connectivity index is 2.53. The van der Waals surface area contributed by atoms with Crippen LogP contribution in [0.5, 0.6) is 0 Å². The number of alkyl halides is 1. The number of hydrogen-bond acceptors (Lipinski definition) is 3. The third-order valence-electron chi connectivity index (χ3n) is 2.01. The SMILES string of the molecule is O=c1[nH]c(CCl)nc2c1COCC2. The van der Waals surface area contributed by atoms with E-state index in [1.807, 2.05) is 0 Å². The van der Waals surface area contributed by atoms with Gasteiger partial charge >= 0.3 is 0 Å². The van der Waals surface area contributed by atoms with Gasteiger partial charge in [-0.1, -0.05) is 0 Å². The Hall–Kier alpha value is -0.870. The van der Waals surface area contributed by atoms with Gasteiger partial charge in [0, 0.05) is 6.42 Å². The molecule has 5 heteroatoms. The van der Waals surface area contributed by atoms with E-state index in [9.17, 15) is 4.79 Å². The van der Waals surface area contributed by atoms with Gasteiger partial charge in [0.05, 0.1) is 30.4 Å². The topological polar surface area (TPSA) is 55.0 Å². The number of nitrogens with one attached hydrogen (secondary N) is 1. The second-order valence-corrected chi connectivity index (χ2v) is 3.14. The van der Waals surface area contributed by atoms with Gasteiger partial charge in [0.1, 0.15) is 5.82 Å². The smallest absolute Gasteiger partial charge is 0.256 e. The summed E-state index contributed by atoms with van der Waals surface area (Å²) in [5, 5.41) is 0. The quantitative estimate of drug-likeness (QED) is 0.675. The summed E-state index contributed by atoms with van der Waals surface area (Å²) in [6.07, 6.45) is 0.698. The van der Waals surface area contributed by atoms with Gasteiger partial charge in [-0.2, -0.15) is 0 Å². The molecule has 1 aromatic heterocycles. The normalized spacial score (nSPS) is 15.5. The summed E-state index contributed by atoms with van der Waals surface area (Å²) in [6.45, 7) is 0.991. The van der Waals surface area contributed by atoms with Crippen molar-refractivity contribution in [1.29, 1.82) is 0 Å². The molecule has 0 unspecified atom stereocenters. The first kappa shape index (κ1) is 8.72. The van der Waals surface area contributed by atoms with Gasteiger partial charge in [0.25, 0.3) is 5.56 Å². The van der Waals surface area contributed by atoms with Crippen molar-refractivity contribution < 1.29 is 4.74 Å². The van der Waals surface area contributed by atoms with Crippen LogP contribution in [0.3, 0.4) is 0 Å². The molecule has 1 aliphatic rings. The molecule has 1 N–H and O–H groups in total. The van der Waals surface area contributed by atoms with Gasteiger partial charge in [-0.15, -0.1) is 11.6 Å². The average Bonchev–Trinajstić information content (AvgIpc) is 2.18. The molecule has 1 aromatic rings. The van der Waals surface area contributed by atoms with Crippen LogP contribution < -0.4 is 5.56 Å². The lowest BCUT2D eigenvalue weighted by molar-refractivity contribution is 0.108. The Morgan fingerprint density at radius 3 is 3.23 bits per heavy atom.